The molecule has 3 aromatic rings. The highest BCUT2D eigenvalue weighted by Crippen LogP contribution is 2.30. The molecule has 0 aliphatic rings. The predicted molar refractivity (Wildman–Crippen MR) is 112 cm³/mol. The van der Waals surface area contributed by atoms with Crippen molar-refractivity contribution in [3.8, 4) is 11.3 Å². The number of thioether (sulfide) groups is 1. The molecular formula is C20H17BrF3N3OS. The van der Waals surface area contributed by atoms with Crippen molar-refractivity contribution in [2.75, 3.05) is 11.1 Å². The number of benzene rings is 2. The second-order valence-electron chi connectivity index (χ2n) is 6.31. The van der Waals surface area contributed by atoms with Crippen molar-refractivity contribution in [1.29, 1.82) is 0 Å². The molecule has 0 atom stereocenters. The number of hydrogen-bond acceptors (Lipinski definition) is 3. The van der Waals surface area contributed by atoms with Gasteiger partial charge in [-0.25, -0.2) is 4.98 Å². The number of aromatic nitrogens is 2. The zero-order chi connectivity index (χ0) is 21.0. The minimum Gasteiger partial charge on any atom is -0.324 e. The van der Waals surface area contributed by atoms with Crippen LogP contribution in [0.4, 0.5) is 18.9 Å². The van der Waals surface area contributed by atoms with Crippen molar-refractivity contribution < 1.29 is 18.0 Å². The summed E-state index contributed by atoms with van der Waals surface area (Å²) in [6.45, 7) is 0.752. The van der Waals surface area contributed by atoms with Crippen LogP contribution in [-0.2, 0) is 11.3 Å². The number of nitrogens with zero attached hydrogens (tertiary/aromatic N) is 2. The van der Waals surface area contributed by atoms with Crippen molar-refractivity contribution >= 4 is 39.3 Å². The highest BCUT2D eigenvalue weighted by Gasteiger charge is 2.31. The molecule has 0 spiro atoms. The van der Waals surface area contributed by atoms with Crippen LogP contribution >= 0.6 is 27.7 Å². The second-order valence-corrected chi connectivity index (χ2v) is 8.11. The number of carbonyl (C=O) groups is 1. The molecule has 0 unspecified atom stereocenters. The van der Waals surface area contributed by atoms with Gasteiger partial charge in [0.25, 0.3) is 0 Å². The van der Waals surface area contributed by atoms with E-state index in [1.54, 1.807) is 36.4 Å². The van der Waals surface area contributed by atoms with Crippen molar-refractivity contribution in [2.45, 2.75) is 24.8 Å². The summed E-state index contributed by atoms with van der Waals surface area (Å²) in [4.78, 5) is 16.4. The average Bonchev–Trinajstić information content (AvgIpc) is 3.04. The fourth-order valence-electron chi connectivity index (χ4n) is 2.68. The van der Waals surface area contributed by atoms with Crippen molar-refractivity contribution in [3.63, 3.8) is 0 Å². The number of aryl methyl sites for hydroxylation is 1. The van der Waals surface area contributed by atoms with Crippen LogP contribution in [0.15, 0.2) is 64.4 Å². The quantitative estimate of drug-likeness (QED) is 0.443. The van der Waals surface area contributed by atoms with E-state index in [0.717, 1.165) is 26.4 Å². The van der Waals surface area contributed by atoms with Gasteiger partial charge < -0.3 is 9.88 Å². The van der Waals surface area contributed by atoms with Gasteiger partial charge in [0, 0.05) is 4.47 Å². The van der Waals surface area contributed by atoms with Crippen LogP contribution in [0.25, 0.3) is 11.3 Å². The monoisotopic (exact) mass is 483 g/mol. The Morgan fingerprint density at radius 1 is 1.21 bits per heavy atom. The Labute approximate surface area is 178 Å². The molecule has 1 N–H and O–H groups in total. The molecule has 3 rings (SSSR count). The van der Waals surface area contributed by atoms with Crippen molar-refractivity contribution in [1.82, 2.24) is 9.55 Å². The summed E-state index contributed by atoms with van der Waals surface area (Å²) in [5.74, 6) is -0.397. The molecule has 0 aliphatic carbocycles. The Morgan fingerprint density at radius 2 is 1.93 bits per heavy atom. The van der Waals surface area contributed by atoms with E-state index in [-0.39, 0.29) is 16.8 Å². The van der Waals surface area contributed by atoms with E-state index in [1.165, 1.54) is 6.20 Å². The Bertz CT molecular complexity index is 1010. The first kappa shape index (κ1) is 21.4. The minimum atomic E-state index is -4.41. The smallest absolute Gasteiger partial charge is 0.324 e. The fraction of sp³-hybridized carbons (Fsp3) is 0.200. The molecule has 9 heteroatoms. The minimum absolute atomic E-state index is 0.0661. The van der Waals surface area contributed by atoms with Crippen LogP contribution in [0, 0.1) is 6.92 Å². The van der Waals surface area contributed by atoms with Gasteiger partial charge in [-0.05, 0) is 46.1 Å². The van der Waals surface area contributed by atoms with Crippen LogP contribution in [0.2, 0.25) is 0 Å². The lowest BCUT2D eigenvalue weighted by Crippen LogP contribution is -2.20. The molecule has 1 aromatic heterocycles. The SMILES string of the molecule is Cc1ccc(NC(=O)CSc2ncc(-c3ccccc3)n2CC(F)(F)F)c(Br)c1. The molecule has 4 nitrogen and oxygen atoms in total. The van der Waals surface area contributed by atoms with E-state index < -0.39 is 12.7 Å². The first-order valence-electron chi connectivity index (χ1n) is 8.59. The van der Waals surface area contributed by atoms with Crippen LogP contribution in [-0.4, -0.2) is 27.4 Å². The Balaban J connectivity index is 1.76. The maximum absolute atomic E-state index is 13.1. The van der Waals surface area contributed by atoms with Crippen LogP contribution in [0.5, 0.6) is 0 Å². The van der Waals surface area contributed by atoms with E-state index in [9.17, 15) is 18.0 Å². The Morgan fingerprint density at radius 3 is 2.59 bits per heavy atom. The van der Waals surface area contributed by atoms with E-state index in [1.807, 2.05) is 19.1 Å². The topological polar surface area (TPSA) is 46.9 Å². The van der Waals surface area contributed by atoms with Gasteiger partial charge in [0.15, 0.2) is 5.16 Å². The summed E-state index contributed by atoms with van der Waals surface area (Å²) in [5.41, 5.74) is 2.62. The number of amides is 1. The van der Waals surface area contributed by atoms with Gasteiger partial charge in [-0.2, -0.15) is 13.2 Å². The number of imidazole rings is 1. The van der Waals surface area contributed by atoms with Gasteiger partial charge in [-0.15, -0.1) is 0 Å². The Hall–Kier alpha value is -2.26. The van der Waals surface area contributed by atoms with E-state index in [0.29, 0.717) is 16.9 Å². The number of halogens is 4. The summed E-state index contributed by atoms with van der Waals surface area (Å²) in [6, 6.07) is 14.2. The zero-order valence-corrected chi connectivity index (χ0v) is 17.7. The Kier molecular flexibility index (Phi) is 6.69. The third-order valence-electron chi connectivity index (χ3n) is 3.96. The predicted octanol–water partition coefficient (Wildman–Crippen LogP) is 5.91. The summed E-state index contributed by atoms with van der Waals surface area (Å²) >= 11 is 4.35. The third-order valence-corrected chi connectivity index (χ3v) is 5.60. The lowest BCUT2D eigenvalue weighted by Gasteiger charge is -2.14. The van der Waals surface area contributed by atoms with Crippen LogP contribution < -0.4 is 5.32 Å². The summed E-state index contributed by atoms with van der Waals surface area (Å²) in [5, 5.41) is 2.89. The normalized spacial score (nSPS) is 11.5. The largest absolute Gasteiger partial charge is 0.406 e. The zero-order valence-electron chi connectivity index (χ0n) is 15.3. The summed E-state index contributed by atoms with van der Waals surface area (Å²) in [7, 11) is 0. The number of rotatable bonds is 6. The molecule has 0 saturated carbocycles. The highest BCUT2D eigenvalue weighted by atomic mass is 79.9. The molecule has 1 amide bonds. The van der Waals surface area contributed by atoms with Gasteiger partial charge in [0.2, 0.25) is 5.91 Å². The number of alkyl halides is 3. The molecule has 0 fully saturated rings. The van der Waals surface area contributed by atoms with Gasteiger partial charge in [-0.1, -0.05) is 48.2 Å². The van der Waals surface area contributed by atoms with Gasteiger partial charge in [-0.3, -0.25) is 4.79 Å². The maximum atomic E-state index is 13.1. The number of hydrogen-bond donors (Lipinski definition) is 1. The van der Waals surface area contributed by atoms with Gasteiger partial charge in [0.05, 0.1) is 23.3 Å². The molecular weight excluding hydrogens is 467 g/mol. The second kappa shape index (κ2) is 9.04. The summed E-state index contributed by atoms with van der Waals surface area (Å²) < 4.78 is 41.2. The number of anilines is 1. The molecule has 2 aromatic carbocycles. The molecule has 0 aliphatic heterocycles. The highest BCUT2D eigenvalue weighted by molar-refractivity contribution is 9.10. The first-order valence-corrected chi connectivity index (χ1v) is 10.4. The lowest BCUT2D eigenvalue weighted by atomic mass is 10.2. The third kappa shape index (κ3) is 5.86. The molecule has 29 heavy (non-hydrogen) atoms. The van der Waals surface area contributed by atoms with Gasteiger partial charge in [0.1, 0.15) is 6.54 Å². The van der Waals surface area contributed by atoms with E-state index >= 15 is 0 Å². The fourth-order valence-corrected chi connectivity index (χ4v) is 4.05. The molecule has 1 heterocycles. The maximum Gasteiger partial charge on any atom is 0.406 e. The van der Waals surface area contributed by atoms with Crippen molar-refractivity contribution in [2.24, 2.45) is 0 Å². The lowest BCUT2D eigenvalue weighted by molar-refractivity contribution is -0.141. The van der Waals surface area contributed by atoms with E-state index in [4.69, 9.17) is 0 Å². The summed E-state index contributed by atoms with van der Waals surface area (Å²) in [6.07, 6.45) is -3.01. The average molecular weight is 484 g/mol. The molecule has 152 valence electrons. The van der Waals surface area contributed by atoms with Crippen molar-refractivity contribution in [3.05, 3.63) is 64.8 Å². The molecule has 0 bridgehead atoms. The number of nitrogens with one attached hydrogen (secondary N) is 1. The van der Waals surface area contributed by atoms with Gasteiger partial charge >= 0.3 is 6.18 Å². The van der Waals surface area contributed by atoms with Crippen LogP contribution in [0.3, 0.4) is 0 Å². The van der Waals surface area contributed by atoms with E-state index in [2.05, 4.69) is 26.2 Å². The molecule has 0 radical (unpaired) electrons. The molecule has 0 saturated heterocycles. The number of carbonyl (C=O) groups excluding carboxylic acids is 1. The van der Waals surface area contributed by atoms with Crippen LogP contribution in [0.1, 0.15) is 5.56 Å². The standard InChI is InChI=1S/C20H17BrF3N3OS/c1-13-7-8-16(15(21)9-13)26-18(28)11-29-19-25-10-17(14-5-3-2-4-6-14)27(19)12-20(22,23)24/h2-10H,11-12H2,1H3,(H,26,28). The first-order chi connectivity index (χ1) is 13.7.